The molecule has 4 rings (SSSR count). The summed E-state index contributed by atoms with van der Waals surface area (Å²) in [6, 6.07) is 21.8. The first-order valence-corrected chi connectivity index (χ1v) is 8.87. The highest BCUT2D eigenvalue weighted by atomic mass is 14.7. The third kappa shape index (κ3) is 3.02. The molecule has 1 aliphatic rings. The average molecular weight is 325 g/mol. The van der Waals surface area contributed by atoms with Gasteiger partial charge in [0.15, 0.2) is 0 Å². The molecule has 1 heterocycles. The molecule has 0 bridgehead atoms. The maximum atomic E-state index is 4.52. The van der Waals surface area contributed by atoms with Crippen LogP contribution in [0.4, 0.5) is 0 Å². The minimum Gasteiger partial charge on any atom is -0.257 e. The van der Waals surface area contributed by atoms with Crippen molar-refractivity contribution in [3.8, 4) is 11.1 Å². The SMILES string of the molecule is CC(C)(C)c1ccc(-c2cccc3c2C=C(c2ccccn2)C3)cc1. The molecule has 0 unspecified atom stereocenters. The van der Waals surface area contributed by atoms with Gasteiger partial charge in [0.1, 0.15) is 0 Å². The zero-order valence-electron chi connectivity index (χ0n) is 15.1. The topological polar surface area (TPSA) is 12.9 Å². The van der Waals surface area contributed by atoms with Crippen molar-refractivity contribution in [1.29, 1.82) is 0 Å². The summed E-state index contributed by atoms with van der Waals surface area (Å²) in [7, 11) is 0. The number of hydrogen-bond acceptors (Lipinski definition) is 1. The molecule has 124 valence electrons. The van der Waals surface area contributed by atoms with Crippen LogP contribution in [0.25, 0.3) is 22.8 Å². The highest BCUT2D eigenvalue weighted by Crippen LogP contribution is 2.37. The molecule has 0 saturated heterocycles. The molecular formula is C24H23N. The summed E-state index contributed by atoms with van der Waals surface area (Å²) in [5.74, 6) is 0. The van der Waals surface area contributed by atoms with Gasteiger partial charge in [0.25, 0.3) is 0 Å². The summed E-state index contributed by atoms with van der Waals surface area (Å²) in [6.07, 6.45) is 5.14. The third-order valence-corrected chi connectivity index (χ3v) is 4.95. The van der Waals surface area contributed by atoms with Gasteiger partial charge in [0.05, 0.1) is 5.69 Å². The molecule has 0 fully saturated rings. The third-order valence-electron chi connectivity index (χ3n) is 4.95. The summed E-state index contributed by atoms with van der Waals surface area (Å²) >= 11 is 0. The second kappa shape index (κ2) is 6.00. The lowest BCUT2D eigenvalue weighted by Gasteiger charge is -2.19. The van der Waals surface area contributed by atoms with E-state index in [1.807, 2.05) is 12.3 Å². The molecule has 0 N–H and O–H groups in total. The Morgan fingerprint density at radius 2 is 1.64 bits per heavy atom. The number of nitrogens with zero attached hydrogens (tertiary/aromatic N) is 1. The standard InChI is InChI=1S/C24H23N/c1-24(2,3)20-12-10-17(11-13-20)21-8-6-7-18-15-19(16-22(18)21)23-9-4-5-14-25-23/h4-14,16H,15H2,1-3H3. The van der Waals surface area contributed by atoms with Gasteiger partial charge in [-0.25, -0.2) is 0 Å². The number of pyridine rings is 1. The number of aromatic nitrogens is 1. The van der Waals surface area contributed by atoms with Crippen LogP contribution in [0.1, 0.15) is 43.2 Å². The first-order chi connectivity index (χ1) is 12.0. The maximum absolute atomic E-state index is 4.52. The smallest absolute Gasteiger partial charge is 0.0665 e. The minimum absolute atomic E-state index is 0.184. The van der Waals surface area contributed by atoms with Crippen molar-refractivity contribution in [3.05, 3.63) is 89.2 Å². The van der Waals surface area contributed by atoms with E-state index >= 15 is 0 Å². The minimum atomic E-state index is 0.184. The lowest BCUT2D eigenvalue weighted by Crippen LogP contribution is -2.10. The van der Waals surface area contributed by atoms with Crippen LogP contribution in [0, 0.1) is 0 Å². The zero-order chi connectivity index (χ0) is 17.4. The van der Waals surface area contributed by atoms with Gasteiger partial charge in [-0.15, -0.1) is 0 Å². The molecule has 1 aliphatic carbocycles. The highest BCUT2D eigenvalue weighted by molar-refractivity contribution is 5.93. The van der Waals surface area contributed by atoms with Crippen LogP contribution < -0.4 is 0 Å². The second-order valence-corrected chi connectivity index (χ2v) is 7.77. The predicted molar refractivity (Wildman–Crippen MR) is 106 cm³/mol. The van der Waals surface area contributed by atoms with E-state index in [2.05, 4.69) is 86.4 Å². The summed E-state index contributed by atoms with van der Waals surface area (Å²) in [4.78, 5) is 4.52. The van der Waals surface area contributed by atoms with Crippen molar-refractivity contribution in [1.82, 2.24) is 4.98 Å². The average Bonchev–Trinajstić information content (AvgIpc) is 3.06. The van der Waals surface area contributed by atoms with E-state index in [-0.39, 0.29) is 5.41 Å². The number of hydrogen-bond donors (Lipinski definition) is 0. The van der Waals surface area contributed by atoms with E-state index in [0.717, 1.165) is 12.1 Å². The lowest BCUT2D eigenvalue weighted by atomic mass is 9.86. The van der Waals surface area contributed by atoms with Gasteiger partial charge in [-0.05, 0) is 57.0 Å². The molecule has 1 aromatic heterocycles. The molecule has 0 atom stereocenters. The fourth-order valence-electron chi connectivity index (χ4n) is 3.49. The number of fused-ring (bicyclic) bond motifs is 1. The van der Waals surface area contributed by atoms with Crippen LogP contribution >= 0.6 is 0 Å². The molecule has 1 nitrogen and oxygen atoms in total. The predicted octanol–water partition coefficient (Wildman–Crippen LogP) is 6.14. The van der Waals surface area contributed by atoms with E-state index in [9.17, 15) is 0 Å². The molecule has 0 saturated carbocycles. The molecule has 0 spiro atoms. The maximum Gasteiger partial charge on any atom is 0.0665 e. The van der Waals surface area contributed by atoms with Crippen molar-refractivity contribution in [2.75, 3.05) is 0 Å². The Morgan fingerprint density at radius 1 is 0.840 bits per heavy atom. The number of rotatable bonds is 2. The van der Waals surface area contributed by atoms with Crippen molar-refractivity contribution in [2.45, 2.75) is 32.6 Å². The quantitative estimate of drug-likeness (QED) is 0.551. The fraction of sp³-hybridized carbons (Fsp3) is 0.208. The first-order valence-electron chi connectivity index (χ1n) is 8.87. The van der Waals surface area contributed by atoms with Gasteiger partial charge < -0.3 is 0 Å². The Morgan fingerprint density at radius 3 is 2.32 bits per heavy atom. The molecule has 0 aliphatic heterocycles. The second-order valence-electron chi connectivity index (χ2n) is 7.77. The first kappa shape index (κ1) is 15.8. The van der Waals surface area contributed by atoms with Crippen LogP contribution in [-0.4, -0.2) is 4.98 Å². The van der Waals surface area contributed by atoms with Crippen LogP contribution in [0.3, 0.4) is 0 Å². The van der Waals surface area contributed by atoms with E-state index in [0.29, 0.717) is 0 Å². The van der Waals surface area contributed by atoms with Crippen molar-refractivity contribution >= 4 is 11.6 Å². The normalized spacial score (nSPS) is 13.5. The zero-order valence-corrected chi connectivity index (χ0v) is 15.1. The van der Waals surface area contributed by atoms with E-state index in [4.69, 9.17) is 0 Å². The summed E-state index contributed by atoms with van der Waals surface area (Å²) < 4.78 is 0. The molecule has 0 amide bonds. The van der Waals surface area contributed by atoms with Gasteiger partial charge in [-0.2, -0.15) is 0 Å². The Balaban J connectivity index is 1.75. The molecule has 0 radical (unpaired) electrons. The summed E-state index contributed by atoms with van der Waals surface area (Å²) in [5, 5.41) is 0. The molecule has 2 aromatic carbocycles. The van der Waals surface area contributed by atoms with Gasteiger partial charge in [-0.1, -0.05) is 69.3 Å². The van der Waals surface area contributed by atoms with E-state index in [1.165, 1.54) is 33.4 Å². The Labute approximate surface area is 150 Å². The molecule has 25 heavy (non-hydrogen) atoms. The van der Waals surface area contributed by atoms with Gasteiger partial charge in [0.2, 0.25) is 0 Å². The fourth-order valence-corrected chi connectivity index (χ4v) is 3.49. The van der Waals surface area contributed by atoms with Gasteiger partial charge in [-0.3, -0.25) is 4.98 Å². The Kier molecular flexibility index (Phi) is 3.80. The molecule has 1 heteroatoms. The number of benzene rings is 2. The largest absolute Gasteiger partial charge is 0.257 e. The van der Waals surface area contributed by atoms with E-state index in [1.54, 1.807) is 0 Å². The molecule has 3 aromatic rings. The molecular weight excluding hydrogens is 302 g/mol. The van der Waals surface area contributed by atoms with Crippen molar-refractivity contribution < 1.29 is 0 Å². The van der Waals surface area contributed by atoms with Crippen LogP contribution in [0.15, 0.2) is 66.9 Å². The van der Waals surface area contributed by atoms with Crippen LogP contribution in [0.2, 0.25) is 0 Å². The highest BCUT2D eigenvalue weighted by Gasteiger charge is 2.19. The monoisotopic (exact) mass is 325 g/mol. The number of allylic oxidation sites excluding steroid dienone is 1. The van der Waals surface area contributed by atoms with Crippen LogP contribution in [-0.2, 0) is 11.8 Å². The van der Waals surface area contributed by atoms with E-state index < -0.39 is 0 Å². The lowest BCUT2D eigenvalue weighted by molar-refractivity contribution is 0.590. The Bertz CT molecular complexity index is 926. The van der Waals surface area contributed by atoms with Crippen molar-refractivity contribution in [3.63, 3.8) is 0 Å². The Hall–Kier alpha value is -2.67. The summed E-state index contributed by atoms with van der Waals surface area (Å²) in [6.45, 7) is 6.76. The van der Waals surface area contributed by atoms with Gasteiger partial charge >= 0.3 is 0 Å². The van der Waals surface area contributed by atoms with Gasteiger partial charge in [0, 0.05) is 12.6 Å². The van der Waals surface area contributed by atoms with Crippen LogP contribution in [0.5, 0.6) is 0 Å². The van der Waals surface area contributed by atoms with Crippen molar-refractivity contribution in [2.24, 2.45) is 0 Å². The summed E-state index contributed by atoms with van der Waals surface area (Å²) in [5.41, 5.74) is 9.25.